The Hall–Kier alpha value is -1.25. The van der Waals surface area contributed by atoms with Gasteiger partial charge in [0.25, 0.3) is 5.92 Å². The van der Waals surface area contributed by atoms with E-state index in [4.69, 9.17) is 0 Å². The second-order valence-electron chi connectivity index (χ2n) is 9.64. The zero-order chi connectivity index (χ0) is 19.9. The van der Waals surface area contributed by atoms with E-state index in [0.717, 1.165) is 36.2 Å². The summed E-state index contributed by atoms with van der Waals surface area (Å²) < 4.78 is 44.3. The fourth-order valence-corrected chi connectivity index (χ4v) is 5.89. The van der Waals surface area contributed by atoms with Gasteiger partial charge in [0, 0.05) is 5.57 Å². The molecule has 154 valence electrons. The molecule has 0 radical (unpaired) electrons. The molecule has 0 heterocycles. The van der Waals surface area contributed by atoms with Gasteiger partial charge in [-0.3, -0.25) is 0 Å². The van der Waals surface area contributed by atoms with Crippen LogP contribution in [0.2, 0.25) is 0 Å². The van der Waals surface area contributed by atoms with E-state index in [0.29, 0.717) is 24.3 Å². The molecule has 0 unspecified atom stereocenters. The molecule has 2 fully saturated rings. The maximum Gasteiger partial charge on any atom is 0.298 e. The molecule has 0 aliphatic heterocycles. The van der Waals surface area contributed by atoms with Crippen molar-refractivity contribution in [3.63, 3.8) is 0 Å². The number of alkyl halides is 2. The fraction of sp³-hybridized carbons (Fsp3) is 0.680. The molecule has 2 saturated carbocycles. The number of fused-ring (bicyclic) bond motifs is 1. The van der Waals surface area contributed by atoms with Crippen LogP contribution in [0.4, 0.5) is 13.2 Å². The molecular formula is C25H33F3. The summed E-state index contributed by atoms with van der Waals surface area (Å²) in [5.41, 5.74) is 0.906. The first-order valence-corrected chi connectivity index (χ1v) is 11.3. The Kier molecular flexibility index (Phi) is 5.64. The average Bonchev–Trinajstić information content (AvgIpc) is 2.93. The number of hydrogen-bond donors (Lipinski definition) is 0. The summed E-state index contributed by atoms with van der Waals surface area (Å²) in [4.78, 5) is 0. The number of aryl methyl sites for hydroxylation is 1. The van der Waals surface area contributed by atoms with E-state index in [9.17, 15) is 13.2 Å². The van der Waals surface area contributed by atoms with Crippen molar-refractivity contribution in [1.82, 2.24) is 0 Å². The Morgan fingerprint density at radius 2 is 1.54 bits per heavy atom. The highest BCUT2D eigenvalue weighted by Crippen LogP contribution is 2.50. The molecule has 0 aromatic heterocycles. The summed E-state index contributed by atoms with van der Waals surface area (Å²) in [6.07, 6.45) is 12.5. The van der Waals surface area contributed by atoms with Gasteiger partial charge in [-0.2, -0.15) is 8.78 Å². The quantitative estimate of drug-likeness (QED) is 0.490. The largest absolute Gasteiger partial charge is 0.298 e. The average molecular weight is 391 g/mol. The van der Waals surface area contributed by atoms with Gasteiger partial charge in [0.1, 0.15) is 5.82 Å². The lowest BCUT2D eigenvalue weighted by Gasteiger charge is -2.37. The summed E-state index contributed by atoms with van der Waals surface area (Å²) in [7, 11) is 0. The molecule has 1 aromatic rings. The molecule has 0 N–H and O–H groups in total. The van der Waals surface area contributed by atoms with E-state index in [2.05, 4.69) is 6.92 Å². The zero-order valence-corrected chi connectivity index (χ0v) is 17.2. The second kappa shape index (κ2) is 7.88. The predicted octanol–water partition coefficient (Wildman–Crippen LogP) is 7.90. The third kappa shape index (κ3) is 3.78. The highest BCUT2D eigenvalue weighted by atomic mass is 19.3. The first-order valence-electron chi connectivity index (χ1n) is 11.3. The van der Waals surface area contributed by atoms with Crippen LogP contribution in [-0.4, -0.2) is 0 Å². The first kappa shape index (κ1) is 20.0. The van der Waals surface area contributed by atoms with E-state index in [1.165, 1.54) is 44.6 Å². The van der Waals surface area contributed by atoms with Crippen LogP contribution in [0.3, 0.4) is 0 Å². The zero-order valence-electron chi connectivity index (χ0n) is 17.2. The molecule has 3 heteroatoms. The normalized spacial score (nSPS) is 32.1. The fourth-order valence-electron chi connectivity index (χ4n) is 5.89. The van der Waals surface area contributed by atoms with Gasteiger partial charge >= 0.3 is 0 Å². The van der Waals surface area contributed by atoms with Crippen molar-refractivity contribution < 1.29 is 13.2 Å². The van der Waals surface area contributed by atoms with E-state index in [-0.39, 0.29) is 5.57 Å². The molecule has 0 nitrogen and oxygen atoms in total. The second-order valence-corrected chi connectivity index (χ2v) is 9.64. The Morgan fingerprint density at radius 3 is 2.14 bits per heavy atom. The van der Waals surface area contributed by atoms with E-state index in [1.54, 1.807) is 12.1 Å². The van der Waals surface area contributed by atoms with E-state index in [1.807, 2.05) is 6.92 Å². The van der Waals surface area contributed by atoms with Gasteiger partial charge in [-0.15, -0.1) is 0 Å². The summed E-state index contributed by atoms with van der Waals surface area (Å²) in [6, 6.07) is 3.01. The van der Waals surface area contributed by atoms with Gasteiger partial charge in [-0.25, -0.2) is 4.39 Å². The van der Waals surface area contributed by atoms with Crippen molar-refractivity contribution in [1.29, 1.82) is 0 Å². The van der Waals surface area contributed by atoms with Gasteiger partial charge in [-0.05, 0) is 98.3 Å². The number of benzene rings is 1. The van der Waals surface area contributed by atoms with Gasteiger partial charge in [0.2, 0.25) is 0 Å². The standard InChI is InChI=1S/C25H33F3/c1-3-17-12-21-15-22(25(27,28)24(21)23(26)14-17)13-18-6-10-20(11-7-18)19-8-4-16(2)5-9-19/h12,14-16,18-20H,3-11,13H2,1-2H3. The molecular weight excluding hydrogens is 357 g/mol. The third-order valence-corrected chi connectivity index (χ3v) is 7.76. The molecule has 3 aliphatic rings. The van der Waals surface area contributed by atoms with Crippen LogP contribution < -0.4 is 0 Å². The van der Waals surface area contributed by atoms with E-state index < -0.39 is 17.3 Å². The molecule has 1 aromatic carbocycles. The molecule has 0 saturated heterocycles. The minimum Gasteiger partial charge on any atom is -0.206 e. The number of halogens is 3. The first-order chi connectivity index (χ1) is 13.4. The number of allylic oxidation sites excluding steroid dienone is 1. The Labute approximate surface area is 167 Å². The van der Waals surface area contributed by atoms with Crippen molar-refractivity contribution >= 4 is 6.08 Å². The van der Waals surface area contributed by atoms with Crippen molar-refractivity contribution in [3.8, 4) is 0 Å². The Balaban J connectivity index is 1.39. The Bertz CT molecular complexity index is 732. The lowest BCUT2D eigenvalue weighted by Crippen LogP contribution is -2.26. The van der Waals surface area contributed by atoms with Crippen LogP contribution in [0.1, 0.15) is 88.3 Å². The Morgan fingerprint density at radius 1 is 0.929 bits per heavy atom. The highest BCUT2D eigenvalue weighted by molar-refractivity contribution is 5.68. The summed E-state index contributed by atoms with van der Waals surface area (Å²) >= 11 is 0. The number of hydrogen-bond acceptors (Lipinski definition) is 0. The highest BCUT2D eigenvalue weighted by Gasteiger charge is 2.45. The van der Waals surface area contributed by atoms with Crippen LogP contribution >= 0.6 is 0 Å². The van der Waals surface area contributed by atoms with Gasteiger partial charge in [-0.1, -0.05) is 32.8 Å². The van der Waals surface area contributed by atoms with Crippen molar-refractivity contribution in [2.75, 3.05) is 0 Å². The molecule has 28 heavy (non-hydrogen) atoms. The smallest absolute Gasteiger partial charge is 0.206 e. The van der Waals surface area contributed by atoms with Crippen LogP contribution in [0.5, 0.6) is 0 Å². The van der Waals surface area contributed by atoms with Crippen molar-refractivity contribution in [2.24, 2.45) is 23.7 Å². The molecule has 0 atom stereocenters. The molecule has 0 amide bonds. The van der Waals surface area contributed by atoms with Crippen LogP contribution in [-0.2, 0) is 12.3 Å². The summed E-state index contributed by atoms with van der Waals surface area (Å²) in [6.45, 7) is 4.28. The monoisotopic (exact) mass is 390 g/mol. The maximum absolute atomic E-state index is 14.9. The molecule has 0 spiro atoms. The predicted molar refractivity (Wildman–Crippen MR) is 109 cm³/mol. The summed E-state index contributed by atoms with van der Waals surface area (Å²) in [5, 5.41) is 0. The van der Waals surface area contributed by atoms with Crippen LogP contribution in [0.25, 0.3) is 6.08 Å². The molecule has 4 rings (SSSR count). The minimum absolute atomic E-state index is 0.129. The van der Waals surface area contributed by atoms with Crippen LogP contribution in [0, 0.1) is 29.5 Å². The lowest BCUT2D eigenvalue weighted by molar-refractivity contribution is 0.0305. The lowest BCUT2D eigenvalue weighted by atomic mass is 9.68. The van der Waals surface area contributed by atoms with Crippen LogP contribution in [0.15, 0.2) is 17.7 Å². The van der Waals surface area contributed by atoms with Crippen molar-refractivity contribution in [3.05, 3.63) is 40.2 Å². The van der Waals surface area contributed by atoms with Gasteiger partial charge in [0.15, 0.2) is 0 Å². The summed E-state index contributed by atoms with van der Waals surface area (Å²) in [5.74, 6) is -1.06. The topological polar surface area (TPSA) is 0 Å². The third-order valence-electron chi connectivity index (χ3n) is 7.76. The van der Waals surface area contributed by atoms with Crippen molar-refractivity contribution in [2.45, 2.75) is 84.0 Å². The minimum atomic E-state index is -3.15. The van der Waals surface area contributed by atoms with Gasteiger partial charge in [0.05, 0.1) is 5.56 Å². The SMILES string of the molecule is CCc1cc(F)c2c(c1)C=C(CC1CCC(C3CCC(C)CC3)CC1)C2(F)F. The maximum atomic E-state index is 14.9. The molecule has 0 bridgehead atoms. The number of rotatable bonds is 4. The van der Waals surface area contributed by atoms with Gasteiger partial charge < -0.3 is 0 Å². The van der Waals surface area contributed by atoms with E-state index >= 15 is 0 Å². The molecule has 3 aliphatic carbocycles.